The largest absolute Gasteiger partial charge is 0.435 e. The van der Waals surface area contributed by atoms with Crippen molar-refractivity contribution >= 4 is 24.6 Å². The maximum atomic E-state index is 14.3. The Morgan fingerprint density at radius 3 is 2.15 bits per heavy atom. The van der Waals surface area contributed by atoms with Crippen molar-refractivity contribution in [2.75, 3.05) is 13.2 Å². The van der Waals surface area contributed by atoms with Gasteiger partial charge >= 0.3 is 6.61 Å². The number of aromatic nitrogens is 2. The first kappa shape index (κ1) is 32.1. The molecule has 1 amide bonds. The standard InChI is InChI=1S/C36H42F2N4O3Si/c1-24-20-32-31(21-39-24)33-34(43)41(25(2)26-16-18-28(19-17-26)45-35(37)38)22-27(42(33)40-32)23-44-46(36(3,4)5,29-12-8-6-9-13-29)30-14-10-7-11-15-30/h6-19,24-25,27,35,39H,20-23H2,1-5H3/t24-,25+,27+/m1/s1. The molecule has 0 bridgehead atoms. The Balaban J connectivity index is 1.40. The number of halogens is 2. The molecule has 10 heteroatoms. The first-order valence-corrected chi connectivity index (χ1v) is 17.8. The summed E-state index contributed by atoms with van der Waals surface area (Å²) in [5.41, 5.74) is 3.32. The number of fused-ring (bicyclic) bond motifs is 3. The van der Waals surface area contributed by atoms with Gasteiger partial charge in [-0.2, -0.15) is 13.9 Å². The summed E-state index contributed by atoms with van der Waals surface area (Å²) in [4.78, 5) is 16.2. The topological polar surface area (TPSA) is 68.6 Å². The summed E-state index contributed by atoms with van der Waals surface area (Å²) in [6.45, 7) is 9.29. The van der Waals surface area contributed by atoms with E-state index in [1.807, 2.05) is 28.6 Å². The van der Waals surface area contributed by atoms with E-state index in [2.05, 4.69) is 86.3 Å². The molecule has 7 nitrogen and oxygen atoms in total. The molecule has 0 radical (unpaired) electrons. The lowest BCUT2D eigenvalue weighted by molar-refractivity contribution is -0.0498. The van der Waals surface area contributed by atoms with Crippen molar-refractivity contribution in [3.8, 4) is 5.75 Å². The zero-order chi connectivity index (χ0) is 32.6. The fourth-order valence-corrected chi connectivity index (χ4v) is 11.7. The second-order valence-electron chi connectivity index (χ2n) is 13.4. The summed E-state index contributed by atoms with van der Waals surface area (Å²) in [6.07, 6.45) is 0.742. The average molecular weight is 645 g/mol. The molecule has 3 aromatic carbocycles. The van der Waals surface area contributed by atoms with E-state index in [0.29, 0.717) is 25.4 Å². The fourth-order valence-electron chi connectivity index (χ4n) is 7.07. The molecule has 3 heterocycles. The van der Waals surface area contributed by atoms with E-state index >= 15 is 0 Å². The lowest BCUT2D eigenvalue weighted by Gasteiger charge is -2.45. The number of nitrogens with zero attached hydrogens (tertiary/aromatic N) is 3. The molecule has 46 heavy (non-hydrogen) atoms. The van der Waals surface area contributed by atoms with Crippen LogP contribution < -0.4 is 20.4 Å². The summed E-state index contributed by atoms with van der Waals surface area (Å²) in [5.74, 6) is -0.00736. The van der Waals surface area contributed by atoms with Crippen molar-refractivity contribution in [2.24, 2.45) is 0 Å². The Morgan fingerprint density at radius 1 is 0.978 bits per heavy atom. The van der Waals surface area contributed by atoms with Crippen molar-refractivity contribution in [1.29, 1.82) is 0 Å². The Hall–Kier alpha value is -3.86. The van der Waals surface area contributed by atoms with Gasteiger partial charge in [0.15, 0.2) is 0 Å². The van der Waals surface area contributed by atoms with E-state index in [9.17, 15) is 13.6 Å². The number of nitrogens with one attached hydrogen (secondary N) is 1. The second-order valence-corrected chi connectivity index (χ2v) is 17.7. The monoisotopic (exact) mass is 644 g/mol. The SMILES string of the molecule is C[C@@H]1Cc2nn3c(c2CN1)C(=O)N([C@@H](C)c1ccc(OC(F)F)cc1)C[C@H]3CO[Si](c1ccccc1)(c1ccccc1)C(C)(C)C. The van der Waals surface area contributed by atoms with Gasteiger partial charge in [0, 0.05) is 31.1 Å². The zero-order valence-corrected chi connectivity index (χ0v) is 28.0. The number of hydrogen-bond acceptors (Lipinski definition) is 5. The van der Waals surface area contributed by atoms with Crippen LogP contribution in [0.25, 0.3) is 0 Å². The lowest BCUT2D eigenvalue weighted by Crippen LogP contribution is -2.67. The Bertz CT molecular complexity index is 1620. The summed E-state index contributed by atoms with van der Waals surface area (Å²) in [7, 11) is -2.86. The molecule has 4 aromatic rings. The Labute approximate surface area is 270 Å². The molecular formula is C36H42F2N4O3Si. The van der Waals surface area contributed by atoms with Gasteiger partial charge in [0.1, 0.15) is 11.4 Å². The van der Waals surface area contributed by atoms with Crippen LogP contribution in [0.1, 0.15) is 74.0 Å². The minimum atomic E-state index is -2.90. The van der Waals surface area contributed by atoms with Crippen LogP contribution in [0.5, 0.6) is 5.75 Å². The van der Waals surface area contributed by atoms with Crippen molar-refractivity contribution < 1.29 is 22.7 Å². The molecule has 242 valence electrons. The number of carbonyl (C=O) groups excluding carboxylic acids is 1. The van der Waals surface area contributed by atoms with Crippen LogP contribution in [0, 0.1) is 0 Å². The van der Waals surface area contributed by atoms with Crippen LogP contribution in [-0.4, -0.2) is 54.7 Å². The van der Waals surface area contributed by atoms with Crippen LogP contribution >= 0.6 is 0 Å². The van der Waals surface area contributed by atoms with E-state index in [1.54, 1.807) is 12.1 Å². The number of carbonyl (C=O) groups is 1. The molecule has 1 N–H and O–H groups in total. The van der Waals surface area contributed by atoms with Crippen LogP contribution in [0.3, 0.4) is 0 Å². The third-order valence-electron chi connectivity index (χ3n) is 9.40. The molecule has 0 spiro atoms. The van der Waals surface area contributed by atoms with Gasteiger partial charge in [0.25, 0.3) is 14.2 Å². The first-order valence-electron chi connectivity index (χ1n) is 15.9. The molecular weight excluding hydrogens is 603 g/mol. The van der Waals surface area contributed by atoms with E-state index in [4.69, 9.17) is 9.52 Å². The maximum absolute atomic E-state index is 14.3. The van der Waals surface area contributed by atoms with Gasteiger partial charge in [-0.3, -0.25) is 9.48 Å². The zero-order valence-electron chi connectivity index (χ0n) is 27.0. The molecule has 3 atom stereocenters. The predicted molar refractivity (Wildman–Crippen MR) is 177 cm³/mol. The van der Waals surface area contributed by atoms with E-state index < -0.39 is 14.9 Å². The molecule has 2 aliphatic rings. The molecule has 0 saturated carbocycles. The van der Waals surface area contributed by atoms with Gasteiger partial charge in [-0.15, -0.1) is 0 Å². The highest BCUT2D eigenvalue weighted by atomic mass is 28.4. The van der Waals surface area contributed by atoms with Gasteiger partial charge in [0.05, 0.1) is 24.4 Å². The predicted octanol–water partition coefficient (Wildman–Crippen LogP) is 5.85. The smallest absolute Gasteiger partial charge is 0.387 e. The average Bonchev–Trinajstić information content (AvgIpc) is 3.42. The third-order valence-corrected chi connectivity index (χ3v) is 14.4. The highest BCUT2D eigenvalue weighted by molar-refractivity contribution is 6.99. The highest BCUT2D eigenvalue weighted by Crippen LogP contribution is 2.39. The molecule has 0 fully saturated rings. The number of hydrogen-bond donors (Lipinski definition) is 1. The molecule has 0 aliphatic carbocycles. The second kappa shape index (κ2) is 12.7. The van der Waals surface area contributed by atoms with Crippen molar-refractivity contribution in [1.82, 2.24) is 20.0 Å². The van der Waals surface area contributed by atoms with Crippen molar-refractivity contribution in [2.45, 2.75) is 77.4 Å². The number of alkyl halides is 2. The minimum Gasteiger partial charge on any atom is -0.435 e. The molecule has 0 unspecified atom stereocenters. The van der Waals surface area contributed by atoms with E-state index in [1.165, 1.54) is 22.5 Å². The molecule has 6 rings (SSSR count). The number of benzene rings is 3. The molecule has 0 saturated heterocycles. The normalized spacial score (nSPS) is 19.1. The number of ether oxygens (including phenoxy) is 1. The number of amides is 1. The molecule has 1 aromatic heterocycles. The van der Waals surface area contributed by atoms with Gasteiger partial charge in [0.2, 0.25) is 0 Å². The Kier molecular flexibility index (Phi) is 8.88. The minimum absolute atomic E-state index is 0.0832. The summed E-state index contributed by atoms with van der Waals surface area (Å²) in [5, 5.41) is 10.7. The van der Waals surface area contributed by atoms with E-state index in [0.717, 1.165) is 23.2 Å². The van der Waals surface area contributed by atoms with Gasteiger partial charge < -0.3 is 19.4 Å². The molecule has 2 aliphatic heterocycles. The van der Waals surface area contributed by atoms with E-state index in [-0.39, 0.29) is 34.8 Å². The van der Waals surface area contributed by atoms with Crippen LogP contribution in [0.2, 0.25) is 5.04 Å². The summed E-state index contributed by atoms with van der Waals surface area (Å²) < 4.78 is 39.4. The van der Waals surface area contributed by atoms with Gasteiger partial charge in [-0.25, -0.2) is 0 Å². The van der Waals surface area contributed by atoms with Gasteiger partial charge in [-0.1, -0.05) is 93.6 Å². The third kappa shape index (κ3) is 5.89. The van der Waals surface area contributed by atoms with Crippen LogP contribution in [0.4, 0.5) is 8.78 Å². The number of rotatable bonds is 9. The van der Waals surface area contributed by atoms with Crippen molar-refractivity contribution in [3.63, 3.8) is 0 Å². The summed E-state index contributed by atoms with van der Waals surface area (Å²) >= 11 is 0. The van der Waals surface area contributed by atoms with Crippen LogP contribution in [-0.2, 0) is 17.4 Å². The van der Waals surface area contributed by atoms with Gasteiger partial charge in [-0.05, 0) is 47.0 Å². The first-order chi connectivity index (χ1) is 22.0. The highest BCUT2D eigenvalue weighted by Gasteiger charge is 2.51. The van der Waals surface area contributed by atoms with Crippen molar-refractivity contribution in [3.05, 3.63) is 107 Å². The quantitative estimate of drug-likeness (QED) is 0.232. The Morgan fingerprint density at radius 2 is 1.59 bits per heavy atom. The van der Waals surface area contributed by atoms with Crippen LogP contribution in [0.15, 0.2) is 84.9 Å². The lowest BCUT2D eigenvalue weighted by atomic mass is 9.99. The fraction of sp³-hybridized carbons (Fsp3) is 0.389. The maximum Gasteiger partial charge on any atom is 0.387 e. The summed E-state index contributed by atoms with van der Waals surface area (Å²) in [6, 6.07) is 27.3.